The molecule has 1 heterocycles. The molecule has 3 aromatic carbocycles. The third kappa shape index (κ3) is 4.12. The van der Waals surface area contributed by atoms with Crippen LogP contribution in [0.3, 0.4) is 0 Å². The number of likely N-dealkylation sites (N-methyl/N-ethyl adjacent to an activating group) is 1. The number of methoxy groups -OCH3 is 2. The van der Waals surface area contributed by atoms with Gasteiger partial charge in [-0.25, -0.2) is 4.90 Å². The first-order chi connectivity index (χ1) is 16.3. The van der Waals surface area contributed by atoms with E-state index in [1.54, 1.807) is 50.4 Å². The van der Waals surface area contributed by atoms with E-state index < -0.39 is 5.91 Å². The van der Waals surface area contributed by atoms with Crippen LogP contribution in [-0.4, -0.2) is 50.4 Å². The number of amides is 3. The van der Waals surface area contributed by atoms with E-state index in [-0.39, 0.29) is 17.4 Å². The molecule has 1 aliphatic heterocycles. The summed E-state index contributed by atoms with van der Waals surface area (Å²) in [6.07, 6.45) is 0.617. The Hall–Kier alpha value is -4.13. The number of imide groups is 1. The van der Waals surface area contributed by atoms with E-state index in [9.17, 15) is 14.4 Å². The highest BCUT2D eigenvalue weighted by atomic mass is 16.5. The Kier molecular flexibility index (Phi) is 6.36. The number of aryl methyl sites for hydroxylation is 1. The number of ether oxygens (including phenoxy) is 2. The molecular weight excluding hydrogens is 432 g/mol. The van der Waals surface area contributed by atoms with Gasteiger partial charge in [-0.3, -0.25) is 14.4 Å². The molecule has 34 heavy (non-hydrogen) atoms. The predicted molar refractivity (Wildman–Crippen MR) is 129 cm³/mol. The lowest BCUT2D eigenvalue weighted by molar-refractivity contribution is 0.0796. The molecule has 3 amide bonds. The maximum absolute atomic E-state index is 13.1. The number of carbonyl (C=O) groups excluding carboxylic acids is 3. The van der Waals surface area contributed by atoms with Crippen LogP contribution in [0.4, 0.5) is 5.69 Å². The fourth-order valence-electron chi connectivity index (χ4n) is 4.06. The van der Waals surface area contributed by atoms with E-state index in [0.717, 1.165) is 11.1 Å². The molecule has 0 N–H and O–H groups in total. The van der Waals surface area contributed by atoms with Crippen molar-refractivity contribution in [3.63, 3.8) is 0 Å². The van der Waals surface area contributed by atoms with Crippen molar-refractivity contribution in [1.29, 1.82) is 0 Å². The third-order valence-electron chi connectivity index (χ3n) is 6.02. The van der Waals surface area contributed by atoms with Crippen LogP contribution in [0.25, 0.3) is 0 Å². The second-order valence-electron chi connectivity index (χ2n) is 8.16. The highest BCUT2D eigenvalue weighted by molar-refractivity contribution is 6.35. The summed E-state index contributed by atoms with van der Waals surface area (Å²) in [5, 5.41) is 0. The Morgan fingerprint density at radius 2 is 1.59 bits per heavy atom. The summed E-state index contributed by atoms with van der Waals surface area (Å²) in [5.41, 5.74) is 3.28. The molecule has 0 fully saturated rings. The molecule has 0 bridgehead atoms. The van der Waals surface area contributed by atoms with Gasteiger partial charge in [0.05, 0.1) is 31.0 Å². The van der Waals surface area contributed by atoms with Gasteiger partial charge in [0.1, 0.15) is 0 Å². The van der Waals surface area contributed by atoms with Crippen LogP contribution in [-0.2, 0) is 6.42 Å². The van der Waals surface area contributed by atoms with Crippen LogP contribution in [0.5, 0.6) is 11.5 Å². The van der Waals surface area contributed by atoms with Gasteiger partial charge in [0.15, 0.2) is 11.5 Å². The number of hydrogen-bond acceptors (Lipinski definition) is 5. The molecule has 0 radical (unpaired) electrons. The maximum atomic E-state index is 13.1. The van der Waals surface area contributed by atoms with Crippen molar-refractivity contribution in [2.75, 3.05) is 32.7 Å². The van der Waals surface area contributed by atoms with Gasteiger partial charge in [-0.2, -0.15) is 0 Å². The molecule has 0 unspecified atom stereocenters. The van der Waals surface area contributed by atoms with Gasteiger partial charge in [0.25, 0.3) is 17.7 Å². The van der Waals surface area contributed by atoms with Crippen LogP contribution in [0.2, 0.25) is 0 Å². The van der Waals surface area contributed by atoms with Crippen molar-refractivity contribution < 1.29 is 23.9 Å². The van der Waals surface area contributed by atoms with E-state index >= 15 is 0 Å². The molecule has 3 aromatic rings. The van der Waals surface area contributed by atoms with Crippen LogP contribution < -0.4 is 14.4 Å². The first-order valence-electron chi connectivity index (χ1n) is 10.9. The predicted octanol–water partition coefficient (Wildman–Crippen LogP) is 4.13. The summed E-state index contributed by atoms with van der Waals surface area (Å²) >= 11 is 0. The van der Waals surface area contributed by atoms with Crippen molar-refractivity contribution in [3.8, 4) is 11.5 Å². The first kappa shape index (κ1) is 23.0. The monoisotopic (exact) mass is 458 g/mol. The fraction of sp³-hybridized carbons (Fsp3) is 0.222. The van der Waals surface area contributed by atoms with E-state index in [0.29, 0.717) is 41.3 Å². The molecule has 0 saturated carbocycles. The Morgan fingerprint density at radius 3 is 2.29 bits per heavy atom. The number of nitrogens with zero attached hydrogens (tertiary/aromatic N) is 2. The Bertz CT molecular complexity index is 1280. The minimum atomic E-state index is -0.420. The highest BCUT2D eigenvalue weighted by Gasteiger charge is 2.37. The van der Waals surface area contributed by atoms with E-state index in [1.807, 2.05) is 37.3 Å². The number of rotatable bonds is 7. The Labute approximate surface area is 198 Å². The SMILES string of the molecule is COc1ccc(CCN(C)C(=O)c2ccc3c(c2)C(=O)N(c2ccccc2C)C3=O)cc1OC. The van der Waals surface area contributed by atoms with E-state index in [2.05, 4.69) is 0 Å². The van der Waals surface area contributed by atoms with Gasteiger partial charge in [-0.05, 0) is 60.9 Å². The smallest absolute Gasteiger partial charge is 0.266 e. The topological polar surface area (TPSA) is 76.2 Å². The lowest BCUT2D eigenvalue weighted by atomic mass is 10.0. The minimum Gasteiger partial charge on any atom is -0.493 e. The van der Waals surface area contributed by atoms with Gasteiger partial charge in [-0.15, -0.1) is 0 Å². The average Bonchev–Trinajstić information content (AvgIpc) is 3.11. The molecule has 7 heteroatoms. The molecule has 7 nitrogen and oxygen atoms in total. The largest absolute Gasteiger partial charge is 0.493 e. The summed E-state index contributed by atoms with van der Waals surface area (Å²) in [4.78, 5) is 41.8. The number of carbonyl (C=O) groups is 3. The minimum absolute atomic E-state index is 0.224. The third-order valence-corrected chi connectivity index (χ3v) is 6.02. The molecule has 0 spiro atoms. The summed E-state index contributed by atoms with van der Waals surface area (Å²) in [6.45, 7) is 2.31. The lowest BCUT2D eigenvalue weighted by Gasteiger charge is -2.18. The molecular formula is C27H26N2O5. The van der Waals surface area contributed by atoms with Crippen LogP contribution >= 0.6 is 0 Å². The summed E-state index contributed by atoms with van der Waals surface area (Å²) in [6, 6.07) is 17.6. The number of para-hydroxylation sites is 1. The Morgan fingerprint density at radius 1 is 0.882 bits per heavy atom. The van der Waals surface area contributed by atoms with Crippen LogP contribution in [0, 0.1) is 6.92 Å². The van der Waals surface area contributed by atoms with Crippen molar-refractivity contribution in [1.82, 2.24) is 4.90 Å². The molecule has 1 aliphatic rings. The van der Waals surface area contributed by atoms with Crippen molar-refractivity contribution in [3.05, 3.63) is 88.5 Å². The molecule has 0 saturated heterocycles. The van der Waals surface area contributed by atoms with Gasteiger partial charge >= 0.3 is 0 Å². The fourth-order valence-corrected chi connectivity index (χ4v) is 4.06. The zero-order valence-electron chi connectivity index (χ0n) is 19.6. The standard InChI is InChI=1S/C27H26N2O5/c1-17-7-5-6-8-22(17)29-26(31)20-11-10-19(16-21(20)27(29)32)25(30)28(2)14-13-18-9-12-23(33-3)24(15-18)34-4/h5-12,15-16H,13-14H2,1-4H3. The quantitative estimate of drug-likeness (QED) is 0.498. The number of anilines is 1. The average molecular weight is 459 g/mol. The Balaban J connectivity index is 1.50. The molecule has 0 aliphatic carbocycles. The summed E-state index contributed by atoms with van der Waals surface area (Å²) in [5.74, 6) is 0.256. The highest BCUT2D eigenvalue weighted by Crippen LogP contribution is 2.31. The second kappa shape index (κ2) is 9.39. The zero-order valence-corrected chi connectivity index (χ0v) is 19.6. The van der Waals surface area contributed by atoms with Gasteiger partial charge in [-0.1, -0.05) is 24.3 Å². The molecule has 0 aromatic heterocycles. The second-order valence-corrected chi connectivity index (χ2v) is 8.16. The van der Waals surface area contributed by atoms with E-state index in [1.165, 1.54) is 11.0 Å². The van der Waals surface area contributed by atoms with Crippen molar-refractivity contribution in [2.45, 2.75) is 13.3 Å². The summed E-state index contributed by atoms with van der Waals surface area (Å²) < 4.78 is 10.6. The van der Waals surface area contributed by atoms with Gasteiger partial charge < -0.3 is 14.4 Å². The number of benzene rings is 3. The number of fused-ring (bicyclic) bond motifs is 1. The zero-order chi connectivity index (χ0) is 24.4. The van der Waals surface area contributed by atoms with Crippen LogP contribution in [0.15, 0.2) is 60.7 Å². The van der Waals surface area contributed by atoms with Crippen LogP contribution in [0.1, 0.15) is 42.2 Å². The maximum Gasteiger partial charge on any atom is 0.266 e. The van der Waals surface area contributed by atoms with Crippen molar-refractivity contribution >= 4 is 23.4 Å². The lowest BCUT2D eigenvalue weighted by Crippen LogP contribution is -2.30. The number of hydrogen-bond donors (Lipinski definition) is 0. The normalized spacial score (nSPS) is 12.5. The van der Waals surface area contributed by atoms with Gasteiger partial charge in [0.2, 0.25) is 0 Å². The molecule has 174 valence electrons. The molecule has 4 rings (SSSR count). The summed E-state index contributed by atoms with van der Waals surface area (Å²) in [7, 11) is 4.87. The first-order valence-corrected chi connectivity index (χ1v) is 10.9. The van der Waals surface area contributed by atoms with Gasteiger partial charge in [0, 0.05) is 19.2 Å². The molecule has 0 atom stereocenters. The van der Waals surface area contributed by atoms with E-state index in [4.69, 9.17) is 9.47 Å². The van der Waals surface area contributed by atoms with Crippen molar-refractivity contribution in [2.24, 2.45) is 0 Å².